The number of rotatable bonds is 4. The molecule has 5 heteroatoms. The number of ether oxygens (including phenoxy) is 2. The lowest BCUT2D eigenvalue weighted by atomic mass is 10.2. The van der Waals surface area contributed by atoms with E-state index >= 15 is 0 Å². The standard InChI is InChI=1S/C14H15BrN2O2/c1-14(18-2,19-3)12-8-9-16-13(17-12)10-4-6-11(15)7-5-10/h4-9H,1-3H3. The lowest BCUT2D eigenvalue weighted by Gasteiger charge is -2.25. The van der Waals surface area contributed by atoms with Crippen molar-refractivity contribution in [3.63, 3.8) is 0 Å². The minimum atomic E-state index is -0.868. The first-order valence-electron chi connectivity index (χ1n) is 5.79. The third-order valence-electron chi connectivity index (χ3n) is 3.00. The molecule has 1 aromatic heterocycles. The van der Waals surface area contributed by atoms with Crippen LogP contribution >= 0.6 is 15.9 Å². The number of methoxy groups -OCH3 is 2. The van der Waals surface area contributed by atoms with Crippen LogP contribution in [0.5, 0.6) is 0 Å². The van der Waals surface area contributed by atoms with Crippen LogP contribution in [0.2, 0.25) is 0 Å². The first-order chi connectivity index (χ1) is 9.09. The van der Waals surface area contributed by atoms with Crippen LogP contribution in [0.4, 0.5) is 0 Å². The second-order valence-corrected chi connectivity index (χ2v) is 5.04. The smallest absolute Gasteiger partial charge is 0.208 e. The summed E-state index contributed by atoms with van der Waals surface area (Å²) in [6, 6.07) is 9.62. The van der Waals surface area contributed by atoms with E-state index in [1.54, 1.807) is 26.5 Å². The van der Waals surface area contributed by atoms with Gasteiger partial charge in [0, 0.05) is 30.5 Å². The molecule has 1 aromatic carbocycles. The second-order valence-electron chi connectivity index (χ2n) is 4.13. The minimum Gasteiger partial charge on any atom is -0.348 e. The molecule has 0 unspecified atom stereocenters. The Morgan fingerprint density at radius 3 is 2.26 bits per heavy atom. The number of aromatic nitrogens is 2. The van der Waals surface area contributed by atoms with Gasteiger partial charge >= 0.3 is 0 Å². The summed E-state index contributed by atoms with van der Waals surface area (Å²) in [5.41, 5.74) is 1.63. The Labute approximate surface area is 120 Å². The van der Waals surface area contributed by atoms with Crippen LogP contribution in [0.3, 0.4) is 0 Å². The minimum absolute atomic E-state index is 0.644. The topological polar surface area (TPSA) is 44.2 Å². The molecule has 0 aliphatic rings. The molecule has 0 saturated heterocycles. The molecule has 0 fully saturated rings. The molecule has 0 aliphatic carbocycles. The normalized spacial score (nSPS) is 11.6. The molecular weight excluding hydrogens is 308 g/mol. The molecule has 2 aromatic rings. The van der Waals surface area contributed by atoms with Crippen molar-refractivity contribution in [2.24, 2.45) is 0 Å². The van der Waals surface area contributed by atoms with E-state index < -0.39 is 5.79 Å². The Hall–Kier alpha value is -1.30. The van der Waals surface area contributed by atoms with Crippen LogP contribution in [-0.4, -0.2) is 24.2 Å². The number of nitrogens with zero attached hydrogens (tertiary/aromatic N) is 2. The maximum absolute atomic E-state index is 5.36. The van der Waals surface area contributed by atoms with E-state index in [0.29, 0.717) is 11.5 Å². The largest absolute Gasteiger partial charge is 0.348 e. The third kappa shape index (κ3) is 3.00. The summed E-state index contributed by atoms with van der Waals surface area (Å²) in [6.07, 6.45) is 1.70. The summed E-state index contributed by atoms with van der Waals surface area (Å²) in [4.78, 5) is 8.79. The van der Waals surface area contributed by atoms with Crippen molar-refractivity contribution in [3.8, 4) is 11.4 Å². The van der Waals surface area contributed by atoms with Gasteiger partial charge in [0.05, 0.1) is 0 Å². The number of benzene rings is 1. The second kappa shape index (κ2) is 5.77. The predicted octanol–water partition coefficient (Wildman–Crippen LogP) is 3.37. The van der Waals surface area contributed by atoms with Crippen LogP contribution < -0.4 is 0 Å². The Morgan fingerprint density at radius 1 is 1.05 bits per heavy atom. The van der Waals surface area contributed by atoms with Crippen LogP contribution in [0.1, 0.15) is 12.6 Å². The summed E-state index contributed by atoms with van der Waals surface area (Å²) in [5.74, 6) is -0.224. The highest BCUT2D eigenvalue weighted by molar-refractivity contribution is 9.10. The average molecular weight is 323 g/mol. The van der Waals surface area contributed by atoms with Crippen molar-refractivity contribution in [2.45, 2.75) is 12.7 Å². The fraction of sp³-hybridized carbons (Fsp3) is 0.286. The van der Waals surface area contributed by atoms with Crippen molar-refractivity contribution in [1.29, 1.82) is 0 Å². The van der Waals surface area contributed by atoms with E-state index in [9.17, 15) is 0 Å². The zero-order chi connectivity index (χ0) is 13.9. The van der Waals surface area contributed by atoms with Gasteiger partial charge in [0.1, 0.15) is 5.69 Å². The van der Waals surface area contributed by atoms with E-state index in [1.807, 2.05) is 31.2 Å². The molecule has 1 heterocycles. The fourth-order valence-electron chi connectivity index (χ4n) is 1.64. The van der Waals surface area contributed by atoms with E-state index in [4.69, 9.17) is 9.47 Å². The first-order valence-corrected chi connectivity index (χ1v) is 6.58. The van der Waals surface area contributed by atoms with E-state index in [0.717, 1.165) is 10.0 Å². The average Bonchev–Trinajstić information content (AvgIpc) is 2.47. The number of halogens is 1. The van der Waals surface area contributed by atoms with Crippen LogP contribution in [0, 0.1) is 0 Å². The Balaban J connectivity index is 2.42. The summed E-state index contributed by atoms with van der Waals surface area (Å²) >= 11 is 3.41. The lowest BCUT2D eigenvalue weighted by Crippen LogP contribution is -2.28. The molecular formula is C14H15BrN2O2. The molecule has 100 valence electrons. The van der Waals surface area contributed by atoms with Crippen LogP contribution in [0.15, 0.2) is 41.0 Å². The Morgan fingerprint density at radius 2 is 1.68 bits per heavy atom. The zero-order valence-corrected chi connectivity index (χ0v) is 12.6. The molecule has 0 spiro atoms. The number of hydrogen-bond donors (Lipinski definition) is 0. The SMILES string of the molecule is COC(C)(OC)c1ccnc(-c2ccc(Br)cc2)n1. The van der Waals surface area contributed by atoms with Gasteiger partial charge in [-0.2, -0.15) is 0 Å². The van der Waals surface area contributed by atoms with Gasteiger partial charge in [0.25, 0.3) is 0 Å². The van der Waals surface area contributed by atoms with Gasteiger partial charge in [-0.05, 0) is 25.1 Å². The molecule has 0 N–H and O–H groups in total. The maximum Gasteiger partial charge on any atom is 0.208 e. The summed E-state index contributed by atoms with van der Waals surface area (Å²) in [5, 5.41) is 0. The van der Waals surface area contributed by atoms with Gasteiger partial charge in [-0.1, -0.05) is 28.1 Å². The van der Waals surface area contributed by atoms with Crippen molar-refractivity contribution in [3.05, 3.63) is 46.7 Å². The molecule has 4 nitrogen and oxygen atoms in total. The lowest BCUT2D eigenvalue weighted by molar-refractivity contribution is -0.204. The van der Waals surface area contributed by atoms with Gasteiger partial charge in [-0.3, -0.25) is 0 Å². The van der Waals surface area contributed by atoms with Crippen LogP contribution in [-0.2, 0) is 15.3 Å². The summed E-state index contributed by atoms with van der Waals surface area (Å²) in [6.45, 7) is 1.82. The van der Waals surface area contributed by atoms with Crippen molar-refractivity contribution in [2.75, 3.05) is 14.2 Å². The highest BCUT2D eigenvalue weighted by atomic mass is 79.9. The third-order valence-corrected chi connectivity index (χ3v) is 3.53. The predicted molar refractivity (Wildman–Crippen MR) is 76.5 cm³/mol. The molecule has 0 saturated carbocycles. The molecule has 0 aliphatic heterocycles. The highest BCUT2D eigenvalue weighted by Crippen LogP contribution is 2.25. The van der Waals surface area contributed by atoms with Gasteiger partial charge in [0.2, 0.25) is 5.79 Å². The van der Waals surface area contributed by atoms with E-state index in [1.165, 1.54) is 0 Å². The number of hydrogen-bond acceptors (Lipinski definition) is 4. The molecule has 0 radical (unpaired) electrons. The Bertz CT molecular complexity index is 554. The van der Waals surface area contributed by atoms with Gasteiger partial charge < -0.3 is 9.47 Å². The zero-order valence-electron chi connectivity index (χ0n) is 11.1. The van der Waals surface area contributed by atoms with Crippen LogP contribution in [0.25, 0.3) is 11.4 Å². The van der Waals surface area contributed by atoms with Crippen molar-refractivity contribution < 1.29 is 9.47 Å². The fourth-order valence-corrected chi connectivity index (χ4v) is 1.91. The van der Waals surface area contributed by atoms with Crippen molar-refractivity contribution in [1.82, 2.24) is 9.97 Å². The van der Waals surface area contributed by atoms with Gasteiger partial charge in [-0.25, -0.2) is 9.97 Å². The Kier molecular flexibility index (Phi) is 4.29. The van der Waals surface area contributed by atoms with Gasteiger partial charge in [0.15, 0.2) is 5.82 Å². The quantitative estimate of drug-likeness (QED) is 0.809. The molecule has 19 heavy (non-hydrogen) atoms. The van der Waals surface area contributed by atoms with Crippen molar-refractivity contribution >= 4 is 15.9 Å². The summed E-state index contributed by atoms with van der Waals surface area (Å²) < 4.78 is 11.7. The van der Waals surface area contributed by atoms with Gasteiger partial charge in [-0.15, -0.1) is 0 Å². The molecule has 2 rings (SSSR count). The van der Waals surface area contributed by atoms with E-state index in [-0.39, 0.29) is 0 Å². The summed E-state index contributed by atoms with van der Waals surface area (Å²) in [7, 11) is 3.18. The molecule has 0 bridgehead atoms. The molecule has 0 amide bonds. The first kappa shape index (κ1) is 14.1. The monoisotopic (exact) mass is 322 g/mol. The highest BCUT2D eigenvalue weighted by Gasteiger charge is 2.27. The maximum atomic E-state index is 5.36. The van der Waals surface area contributed by atoms with E-state index in [2.05, 4.69) is 25.9 Å². The molecule has 0 atom stereocenters.